The second-order valence-corrected chi connectivity index (χ2v) is 7.83. The van der Waals surface area contributed by atoms with E-state index in [0.717, 1.165) is 57.7 Å². The molecule has 3 heterocycles. The van der Waals surface area contributed by atoms with Crippen molar-refractivity contribution in [2.75, 3.05) is 33.3 Å². The molecule has 2 aliphatic rings. The number of imidazole rings is 1. The summed E-state index contributed by atoms with van der Waals surface area (Å²) in [5.74, 6) is 1.27. The number of benzene rings is 1. The molecule has 6 nitrogen and oxygen atoms in total. The van der Waals surface area contributed by atoms with Gasteiger partial charge in [0.25, 0.3) is 0 Å². The maximum atomic E-state index is 12.7. The summed E-state index contributed by atoms with van der Waals surface area (Å²) in [6.45, 7) is 4.96. The molecule has 1 atom stereocenters. The van der Waals surface area contributed by atoms with Gasteiger partial charge < -0.3 is 14.2 Å². The van der Waals surface area contributed by atoms with Gasteiger partial charge in [-0.1, -0.05) is 18.2 Å². The van der Waals surface area contributed by atoms with E-state index < -0.39 is 0 Å². The number of aromatic nitrogens is 2. The maximum Gasteiger partial charge on any atom is 0.229 e. The van der Waals surface area contributed by atoms with Crippen LogP contribution in [0.5, 0.6) is 5.75 Å². The number of ether oxygens (including phenoxy) is 1. The van der Waals surface area contributed by atoms with Crippen LogP contribution >= 0.6 is 0 Å². The molecule has 0 bridgehead atoms. The van der Waals surface area contributed by atoms with Crippen LogP contribution in [-0.4, -0.2) is 58.5 Å². The number of para-hydroxylation sites is 1. The predicted octanol–water partition coefficient (Wildman–Crippen LogP) is 2.41. The Bertz CT molecular complexity index is 776. The fraction of sp³-hybridized carbons (Fsp3) is 0.524. The minimum Gasteiger partial charge on any atom is -0.491 e. The van der Waals surface area contributed by atoms with Crippen molar-refractivity contribution in [1.82, 2.24) is 19.4 Å². The molecule has 4 rings (SSSR count). The third-order valence-electron chi connectivity index (χ3n) is 5.91. The van der Waals surface area contributed by atoms with Crippen molar-refractivity contribution in [3.05, 3.63) is 48.5 Å². The van der Waals surface area contributed by atoms with Gasteiger partial charge in [0.05, 0.1) is 18.3 Å². The van der Waals surface area contributed by atoms with Crippen LogP contribution in [0.3, 0.4) is 0 Å². The van der Waals surface area contributed by atoms with Gasteiger partial charge in [-0.2, -0.15) is 0 Å². The molecule has 2 aromatic rings. The number of rotatable bonds is 6. The van der Waals surface area contributed by atoms with E-state index in [1.165, 1.54) is 5.56 Å². The molecule has 2 aliphatic heterocycles. The Morgan fingerprint density at radius 1 is 1.22 bits per heavy atom. The summed E-state index contributed by atoms with van der Waals surface area (Å²) in [5, 5.41) is 0. The van der Waals surface area contributed by atoms with E-state index in [0.29, 0.717) is 12.5 Å². The van der Waals surface area contributed by atoms with Crippen LogP contribution in [0.15, 0.2) is 43.0 Å². The molecular weight excluding hydrogens is 340 g/mol. The Balaban J connectivity index is 1.38. The van der Waals surface area contributed by atoms with Crippen LogP contribution in [0, 0.1) is 5.41 Å². The second-order valence-electron chi connectivity index (χ2n) is 7.83. The molecule has 0 aliphatic carbocycles. The van der Waals surface area contributed by atoms with Gasteiger partial charge in [0.1, 0.15) is 12.4 Å². The molecule has 144 valence electrons. The number of carbonyl (C=O) groups is 1. The zero-order valence-electron chi connectivity index (χ0n) is 16.0. The minimum absolute atomic E-state index is 0.162. The fourth-order valence-corrected chi connectivity index (χ4v) is 4.44. The SMILES string of the molecule is CN1CCCC2(CCN(Cc3ccccc3OCCn3ccnc3)C2)C1=O. The third kappa shape index (κ3) is 3.86. The molecule has 1 aromatic heterocycles. The van der Waals surface area contributed by atoms with Gasteiger partial charge in [0, 0.05) is 44.6 Å². The van der Waals surface area contributed by atoms with E-state index in [9.17, 15) is 4.79 Å². The molecule has 0 N–H and O–H groups in total. The smallest absolute Gasteiger partial charge is 0.229 e. The lowest BCUT2D eigenvalue weighted by Crippen LogP contribution is -2.48. The monoisotopic (exact) mass is 368 g/mol. The van der Waals surface area contributed by atoms with Gasteiger partial charge in [-0.25, -0.2) is 4.98 Å². The molecule has 27 heavy (non-hydrogen) atoms. The Morgan fingerprint density at radius 2 is 2.11 bits per heavy atom. The molecule has 1 unspecified atom stereocenters. The van der Waals surface area contributed by atoms with E-state index >= 15 is 0 Å². The van der Waals surface area contributed by atoms with Crippen LogP contribution < -0.4 is 4.74 Å². The maximum absolute atomic E-state index is 12.7. The fourth-order valence-electron chi connectivity index (χ4n) is 4.44. The lowest BCUT2D eigenvalue weighted by Gasteiger charge is -2.37. The van der Waals surface area contributed by atoms with Gasteiger partial charge in [-0.05, 0) is 31.9 Å². The van der Waals surface area contributed by atoms with Gasteiger partial charge in [-0.3, -0.25) is 9.69 Å². The van der Waals surface area contributed by atoms with Crippen molar-refractivity contribution in [1.29, 1.82) is 0 Å². The highest BCUT2D eigenvalue weighted by atomic mass is 16.5. The molecule has 1 amide bonds. The first-order valence-corrected chi connectivity index (χ1v) is 9.81. The zero-order chi connectivity index (χ0) is 18.7. The molecule has 2 fully saturated rings. The van der Waals surface area contributed by atoms with Crippen molar-refractivity contribution in [3.8, 4) is 5.75 Å². The van der Waals surface area contributed by atoms with Gasteiger partial charge in [0.15, 0.2) is 0 Å². The highest BCUT2D eigenvalue weighted by molar-refractivity contribution is 5.83. The molecule has 1 spiro atoms. The first kappa shape index (κ1) is 18.0. The average Bonchev–Trinajstić information content (AvgIpc) is 3.32. The van der Waals surface area contributed by atoms with E-state index in [1.807, 2.05) is 34.8 Å². The molecule has 2 saturated heterocycles. The standard InChI is InChI=1S/C21H28N4O2/c1-23-10-4-7-21(20(23)26)8-11-25(16-21)15-18-5-2-3-6-19(18)27-14-13-24-12-9-22-17-24/h2-3,5-6,9,12,17H,4,7-8,10-11,13-16H2,1H3. The normalized spacial score (nSPS) is 23.3. The second kappa shape index (κ2) is 7.72. The summed E-state index contributed by atoms with van der Waals surface area (Å²) in [6.07, 6.45) is 8.63. The molecule has 0 radical (unpaired) electrons. The molecule has 1 aromatic carbocycles. The predicted molar refractivity (Wildman–Crippen MR) is 103 cm³/mol. The largest absolute Gasteiger partial charge is 0.491 e. The number of hydrogen-bond acceptors (Lipinski definition) is 4. The number of amides is 1. The van der Waals surface area contributed by atoms with Crippen molar-refractivity contribution in [3.63, 3.8) is 0 Å². The lowest BCUT2D eigenvalue weighted by atomic mass is 9.78. The quantitative estimate of drug-likeness (QED) is 0.786. The van der Waals surface area contributed by atoms with Crippen LogP contribution in [0.1, 0.15) is 24.8 Å². The molecular formula is C21H28N4O2. The highest BCUT2D eigenvalue weighted by Crippen LogP contribution is 2.40. The number of carbonyl (C=O) groups excluding carboxylic acids is 1. The minimum atomic E-state index is -0.162. The van der Waals surface area contributed by atoms with E-state index in [2.05, 4.69) is 22.0 Å². The Labute approximate surface area is 160 Å². The van der Waals surface area contributed by atoms with Gasteiger partial charge >= 0.3 is 0 Å². The van der Waals surface area contributed by atoms with Crippen molar-refractivity contribution in [2.45, 2.75) is 32.4 Å². The summed E-state index contributed by atoms with van der Waals surface area (Å²) >= 11 is 0. The number of piperidine rings is 1. The first-order valence-electron chi connectivity index (χ1n) is 9.81. The zero-order valence-corrected chi connectivity index (χ0v) is 16.0. The Hall–Kier alpha value is -2.34. The molecule has 6 heteroatoms. The van der Waals surface area contributed by atoms with Gasteiger partial charge in [0.2, 0.25) is 5.91 Å². The first-order chi connectivity index (χ1) is 13.2. The van der Waals surface area contributed by atoms with Crippen LogP contribution in [0.25, 0.3) is 0 Å². The molecule has 0 saturated carbocycles. The van der Waals surface area contributed by atoms with Crippen LogP contribution in [0.4, 0.5) is 0 Å². The summed E-state index contributed by atoms with van der Waals surface area (Å²) in [7, 11) is 1.94. The summed E-state index contributed by atoms with van der Waals surface area (Å²) in [4.78, 5) is 21.1. The van der Waals surface area contributed by atoms with Crippen LogP contribution in [0.2, 0.25) is 0 Å². The van der Waals surface area contributed by atoms with E-state index in [-0.39, 0.29) is 5.41 Å². The van der Waals surface area contributed by atoms with Crippen molar-refractivity contribution in [2.24, 2.45) is 5.41 Å². The van der Waals surface area contributed by atoms with E-state index in [1.54, 1.807) is 12.5 Å². The summed E-state index contributed by atoms with van der Waals surface area (Å²) in [5.41, 5.74) is 1.03. The number of nitrogens with zero attached hydrogens (tertiary/aromatic N) is 4. The number of hydrogen-bond donors (Lipinski definition) is 0. The Morgan fingerprint density at radius 3 is 2.96 bits per heavy atom. The van der Waals surface area contributed by atoms with Gasteiger partial charge in [-0.15, -0.1) is 0 Å². The highest BCUT2D eigenvalue weighted by Gasteiger charge is 2.47. The summed E-state index contributed by atoms with van der Waals surface area (Å²) in [6, 6.07) is 8.24. The average molecular weight is 368 g/mol. The van der Waals surface area contributed by atoms with Crippen molar-refractivity contribution >= 4 is 5.91 Å². The summed E-state index contributed by atoms with van der Waals surface area (Å²) < 4.78 is 8.06. The van der Waals surface area contributed by atoms with E-state index in [4.69, 9.17) is 4.74 Å². The number of likely N-dealkylation sites (tertiary alicyclic amines) is 2. The topological polar surface area (TPSA) is 50.6 Å². The van der Waals surface area contributed by atoms with Crippen LogP contribution in [-0.2, 0) is 17.9 Å². The lowest BCUT2D eigenvalue weighted by molar-refractivity contribution is -0.143. The Kier molecular flexibility index (Phi) is 5.16. The van der Waals surface area contributed by atoms with Crippen molar-refractivity contribution < 1.29 is 9.53 Å². The third-order valence-corrected chi connectivity index (χ3v) is 5.91.